The lowest BCUT2D eigenvalue weighted by Gasteiger charge is -1.95. The molecule has 3 heteroatoms. The Hall–Kier alpha value is -0.700. The first kappa shape index (κ1) is 8.40. The van der Waals surface area contributed by atoms with Crippen molar-refractivity contribution in [3.05, 3.63) is 28.5 Å². The lowest BCUT2D eigenvalue weighted by Crippen LogP contribution is -1.98. The Morgan fingerprint density at radius 1 is 1.64 bits per heavy atom. The monoisotopic (exact) mass is 213 g/mol. The first-order chi connectivity index (χ1) is 5.18. The summed E-state index contributed by atoms with van der Waals surface area (Å²) in [6.45, 7) is 1.56. The van der Waals surface area contributed by atoms with Crippen molar-refractivity contribution in [3.63, 3.8) is 0 Å². The van der Waals surface area contributed by atoms with Crippen molar-refractivity contribution in [2.45, 2.75) is 13.3 Å². The summed E-state index contributed by atoms with van der Waals surface area (Å²) in [4.78, 5) is 14.8. The van der Waals surface area contributed by atoms with E-state index in [1.807, 2.05) is 18.2 Å². The molecule has 0 aliphatic heterocycles. The molecule has 0 bridgehead atoms. The topological polar surface area (TPSA) is 30.0 Å². The average molecular weight is 214 g/mol. The number of pyridine rings is 1. The van der Waals surface area contributed by atoms with Gasteiger partial charge in [-0.25, -0.2) is 4.98 Å². The highest BCUT2D eigenvalue weighted by atomic mass is 79.9. The van der Waals surface area contributed by atoms with Crippen molar-refractivity contribution in [1.82, 2.24) is 4.98 Å². The van der Waals surface area contributed by atoms with Gasteiger partial charge in [0, 0.05) is 12.1 Å². The number of carbonyl (C=O) groups is 1. The maximum Gasteiger partial charge on any atom is 0.135 e. The van der Waals surface area contributed by atoms with Gasteiger partial charge in [-0.2, -0.15) is 0 Å². The number of aromatic nitrogens is 1. The second kappa shape index (κ2) is 3.62. The van der Waals surface area contributed by atoms with E-state index in [1.165, 1.54) is 0 Å². The van der Waals surface area contributed by atoms with Gasteiger partial charge in [0.2, 0.25) is 0 Å². The molecular formula is C8H8BrNO. The second-order valence-electron chi connectivity index (χ2n) is 2.33. The standard InChI is InChI=1S/C8H8BrNO/c1-6(11)5-7-3-2-4-8(9)10-7/h2-4H,5H2,1H3. The summed E-state index contributed by atoms with van der Waals surface area (Å²) in [5.41, 5.74) is 0.812. The summed E-state index contributed by atoms with van der Waals surface area (Å²) in [6.07, 6.45) is 0.416. The smallest absolute Gasteiger partial charge is 0.135 e. The van der Waals surface area contributed by atoms with Crippen LogP contribution in [0.15, 0.2) is 22.8 Å². The Balaban J connectivity index is 2.79. The fourth-order valence-electron chi connectivity index (χ4n) is 0.804. The predicted octanol–water partition coefficient (Wildman–Crippen LogP) is 1.98. The summed E-state index contributed by atoms with van der Waals surface area (Å²) in [6, 6.07) is 5.55. The first-order valence-electron chi connectivity index (χ1n) is 3.29. The molecule has 0 saturated heterocycles. The molecule has 0 aliphatic carbocycles. The van der Waals surface area contributed by atoms with Crippen molar-refractivity contribution >= 4 is 21.7 Å². The maximum atomic E-state index is 10.7. The molecule has 0 fully saturated rings. The predicted molar refractivity (Wildman–Crippen MR) is 46.3 cm³/mol. The molecule has 0 spiro atoms. The van der Waals surface area contributed by atoms with Crippen LogP contribution in [0, 0.1) is 0 Å². The number of nitrogens with zero attached hydrogens (tertiary/aromatic N) is 1. The lowest BCUT2D eigenvalue weighted by atomic mass is 10.2. The van der Waals surface area contributed by atoms with Crippen molar-refractivity contribution in [1.29, 1.82) is 0 Å². The molecule has 0 atom stereocenters. The van der Waals surface area contributed by atoms with Gasteiger partial charge in [0.05, 0.1) is 0 Å². The van der Waals surface area contributed by atoms with E-state index in [0.717, 1.165) is 10.3 Å². The molecule has 58 valence electrons. The van der Waals surface area contributed by atoms with E-state index < -0.39 is 0 Å². The number of hydrogen-bond donors (Lipinski definition) is 0. The van der Waals surface area contributed by atoms with E-state index in [2.05, 4.69) is 20.9 Å². The molecule has 1 aromatic rings. The van der Waals surface area contributed by atoms with E-state index in [9.17, 15) is 4.79 Å². The van der Waals surface area contributed by atoms with Gasteiger partial charge in [-0.15, -0.1) is 0 Å². The summed E-state index contributed by atoms with van der Waals surface area (Å²) >= 11 is 3.23. The number of carbonyl (C=O) groups excluding carboxylic acids is 1. The molecular weight excluding hydrogens is 206 g/mol. The zero-order valence-electron chi connectivity index (χ0n) is 6.17. The fraction of sp³-hybridized carbons (Fsp3) is 0.250. The van der Waals surface area contributed by atoms with Crippen LogP contribution in [0.25, 0.3) is 0 Å². The SMILES string of the molecule is CC(=O)Cc1cccc(Br)n1. The Morgan fingerprint density at radius 2 is 2.36 bits per heavy atom. The third kappa shape index (κ3) is 2.80. The molecule has 0 aromatic carbocycles. The van der Waals surface area contributed by atoms with Gasteiger partial charge < -0.3 is 0 Å². The minimum Gasteiger partial charge on any atom is -0.300 e. The highest BCUT2D eigenvalue weighted by Crippen LogP contribution is 2.06. The van der Waals surface area contributed by atoms with Gasteiger partial charge in [-0.05, 0) is 35.0 Å². The minimum atomic E-state index is 0.135. The zero-order chi connectivity index (χ0) is 8.27. The average Bonchev–Trinajstić information content (AvgIpc) is 1.85. The van der Waals surface area contributed by atoms with Crippen molar-refractivity contribution in [2.75, 3.05) is 0 Å². The molecule has 11 heavy (non-hydrogen) atoms. The van der Waals surface area contributed by atoms with E-state index >= 15 is 0 Å². The Kier molecular flexibility index (Phi) is 2.76. The van der Waals surface area contributed by atoms with E-state index in [4.69, 9.17) is 0 Å². The fourth-order valence-corrected chi connectivity index (χ4v) is 1.18. The third-order valence-corrected chi connectivity index (χ3v) is 1.64. The van der Waals surface area contributed by atoms with Crippen LogP contribution in [-0.4, -0.2) is 10.8 Å². The maximum absolute atomic E-state index is 10.7. The highest BCUT2D eigenvalue weighted by molar-refractivity contribution is 9.10. The van der Waals surface area contributed by atoms with Crippen LogP contribution >= 0.6 is 15.9 Å². The zero-order valence-corrected chi connectivity index (χ0v) is 7.76. The van der Waals surface area contributed by atoms with Gasteiger partial charge in [-0.1, -0.05) is 6.07 Å². The number of rotatable bonds is 2. The third-order valence-electron chi connectivity index (χ3n) is 1.20. The normalized spacial score (nSPS) is 9.64. The molecule has 1 rings (SSSR count). The molecule has 0 aliphatic rings. The van der Waals surface area contributed by atoms with E-state index in [-0.39, 0.29) is 5.78 Å². The van der Waals surface area contributed by atoms with Crippen LogP contribution in [0.4, 0.5) is 0 Å². The molecule has 0 N–H and O–H groups in total. The van der Waals surface area contributed by atoms with Crippen LogP contribution in [0.1, 0.15) is 12.6 Å². The molecule has 1 heterocycles. The molecule has 2 nitrogen and oxygen atoms in total. The summed E-state index contributed by atoms with van der Waals surface area (Å²) in [5.74, 6) is 0.135. The molecule has 0 radical (unpaired) electrons. The summed E-state index contributed by atoms with van der Waals surface area (Å²) in [5, 5.41) is 0. The van der Waals surface area contributed by atoms with Crippen molar-refractivity contribution in [3.8, 4) is 0 Å². The van der Waals surface area contributed by atoms with Crippen LogP contribution in [0.5, 0.6) is 0 Å². The lowest BCUT2D eigenvalue weighted by molar-refractivity contribution is -0.116. The Morgan fingerprint density at radius 3 is 2.91 bits per heavy atom. The molecule has 0 amide bonds. The number of ketones is 1. The molecule has 0 saturated carbocycles. The van der Waals surface area contributed by atoms with E-state index in [1.54, 1.807) is 6.92 Å². The van der Waals surface area contributed by atoms with Gasteiger partial charge >= 0.3 is 0 Å². The molecule has 0 unspecified atom stereocenters. The van der Waals surface area contributed by atoms with Crippen molar-refractivity contribution in [2.24, 2.45) is 0 Å². The first-order valence-corrected chi connectivity index (χ1v) is 4.08. The minimum absolute atomic E-state index is 0.135. The summed E-state index contributed by atoms with van der Waals surface area (Å²) in [7, 11) is 0. The van der Waals surface area contributed by atoms with Crippen LogP contribution in [-0.2, 0) is 11.2 Å². The summed E-state index contributed by atoms with van der Waals surface area (Å²) < 4.78 is 0.774. The number of Topliss-reactive ketones (excluding diaryl/α,β-unsaturated/α-hetero) is 1. The van der Waals surface area contributed by atoms with Crippen molar-refractivity contribution < 1.29 is 4.79 Å². The van der Waals surface area contributed by atoms with Gasteiger partial charge in [0.1, 0.15) is 10.4 Å². The number of hydrogen-bond acceptors (Lipinski definition) is 2. The molecule has 1 aromatic heterocycles. The van der Waals surface area contributed by atoms with Crippen LogP contribution in [0.3, 0.4) is 0 Å². The quantitative estimate of drug-likeness (QED) is 0.704. The van der Waals surface area contributed by atoms with Gasteiger partial charge in [0.25, 0.3) is 0 Å². The second-order valence-corrected chi connectivity index (χ2v) is 3.14. The Bertz CT molecular complexity index is 273. The van der Waals surface area contributed by atoms with Crippen LogP contribution in [0.2, 0.25) is 0 Å². The van der Waals surface area contributed by atoms with Gasteiger partial charge in [0.15, 0.2) is 0 Å². The number of halogens is 1. The van der Waals surface area contributed by atoms with Crippen LogP contribution < -0.4 is 0 Å². The Labute approximate surface area is 73.8 Å². The van der Waals surface area contributed by atoms with E-state index in [0.29, 0.717) is 6.42 Å². The van der Waals surface area contributed by atoms with Gasteiger partial charge in [-0.3, -0.25) is 4.79 Å². The largest absolute Gasteiger partial charge is 0.300 e. The highest BCUT2D eigenvalue weighted by Gasteiger charge is 1.98.